The second kappa shape index (κ2) is 6.89. The average Bonchev–Trinajstić information content (AvgIpc) is 2.75. The molecule has 0 aromatic heterocycles. The van der Waals surface area contributed by atoms with Crippen molar-refractivity contribution in [1.82, 2.24) is 4.90 Å². The van der Waals surface area contributed by atoms with Crippen molar-refractivity contribution in [3.63, 3.8) is 0 Å². The molecule has 1 N–H and O–H groups in total. The van der Waals surface area contributed by atoms with E-state index in [0.717, 1.165) is 38.0 Å². The van der Waals surface area contributed by atoms with Crippen LogP contribution < -0.4 is 4.74 Å². The van der Waals surface area contributed by atoms with E-state index in [-0.39, 0.29) is 18.1 Å². The third kappa shape index (κ3) is 3.51. The van der Waals surface area contributed by atoms with E-state index < -0.39 is 6.10 Å². The Kier molecular flexibility index (Phi) is 4.87. The molecule has 0 amide bonds. The predicted octanol–water partition coefficient (Wildman–Crippen LogP) is 2.11. The van der Waals surface area contributed by atoms with Crippen LogP contribution in [-0.2, 0) is 16.1 Å². The number of rotatable bonds is 4. The maximum Gasteiger partial charge on any atom is 0.302 e. The summed E-state index contributed by atoms with van der Waals surface area (Å²) in [5, 5.41) is 10.5. The third-order valence-electron chi connectivity index (χ3n) is 5.01. The number of benzene rings is 1. The molecule has 1 aromatic rings. The van der Waals surface area contributed by atoms with Crippen molar-refractivity contribution in [3.8, 4) is 5.75 Å². The molecule has 3 rings (SSSR count). The Morgan fingerprint density at radius 1 is 1.30 bits per heavy atom. The first kappa shape index (κ1) is 16.3. The summed E-state index contributed by atoms with van der Waals surface area (Å²) in [4.78, 5) is 13.7. The summed E-state index contributed by atoms with van der Waals surface area (Å²) in [6, 6.07) is 8.27. The van der Waals surface area contributed by atoms with Gasteiger partial charge in [0.2, 0.25) is 0 Å². The first-order valence-corrected chi connectivity index (χ1v) is 8.32. The minimum absolute atomic E-state index is 0.103. The van der Waals surface area contributed by atoms with E-state index in [9.17, 15) is 9.90 Å². The van der Waals surface area contributed by atoms with E-state index in [0.29, 0.717) is 6.04 Å². The average molecular weight is 319 g/mol. The lowest BCUT2D eigenvalue weighted by molar-refractivity contribution is -0.149. The van der Waals surface area contributed by atoms with Crippen molar-refractivity contribution in [2.24, 2.45) is 0 Å². The number of methoxy groups -OCH3 is 1. The Labute approximate surface area is 137 Å². The van der Waals surface area contributed by atoms with Gasteiger partial charge in [-0.3, -0.25) is 9.69 Å². The van der Waals surface area contributed by atoms with Crippen LogP contribution in [0.25, 0.3) is 0 Å². The number of fused-ring (bicyclic) bond motifs is 2. The van der Waals surface area contributed by atoms with Crippen LogP contribution in [0.3, 0.4) is 0 Å². The lowest BCUT2D eigenvalue weighted by Crippen LogP contribution is -2.45. The van der Waals surface area contributed by atoms with E-state index in [1.807, 2.05) is 12.1 Å². The smallest absolute Gasteiger partial charge is 0.302 e. The van der Waals surface area contributed by atoms with E-state index in [1.165, 1.54) is 12.5 Å². The van der Waals surface area contributed by atoms with E-state index >= 15 is 0 Å². The van der Waals surface area contributed by atoms with Crippen molar-refractivity contribution in [3.05, 3.63) is 29.8 Å². The van der Waals surface area contributed by atoms with Gasteiger partial charge in [0.15, 0.2) is 0 Å². The van der Waals surface area contributed by atoms with Gasteiger partial charge in [0.05, 0.1) is 19.3 Å². The molecule has 1 aromatic carbocycles. The fraction of sp³-hybridized carbons (Fsp3) is 0.611. The summed E-state index contributed by atoms with van der Waals surface area (Å²) in [5.41, 5.74) is 1.18. The van der Waals surface area contributed by atoms with Crippen molar-refractivity contribution in [2.75, 3.05) is 7.11 Å². The number of hydrogen-bond acceptors (Lipinski definition) is 5. The Balaban J connectivity index is 1.79. The van der Waals surface area contributed by atoms with E-state index in [2.05, 4.69) is 17.0 Å². The van der Waals surface area contributed by atoms with Crippen LogP contribution in [0.1, 0.15) is 38.2 Å². The molecule has 2 aliphatic rings. The van der Waals surface area contributed by atoms with Crippen LogP contribution >= 0.6 is 0 Å². The van der Waals surface area contributed by atoms with Gasteiger partial charge in [-0.2, -0.15) is 0 Å². The summed E-state index contributed by atoms with van der Waals surface area (Å²) in [5.74, 6) is 0.572. The molecule has 4 atom stereocenters. The molecule has 5 heteroatoms. The second-order valence-corrected chi connectivity index (χ2v) is 6.55. The molecule has 23 heavy (non-hydrogen) atoms. The fourth-order valence-electron chi connectivity index (χ4n) is 3.99. The largest absolute Gasteiger partial charge is 0.497 e. The number of carbonyl (C=O) groups is 1. The van der Waals surface area contributed by atoms with Crippen molar-refractivity contribution in [2.45, 2.75) is 63.4 Å². The predicted molar refractivity (Wildman–Crippen MR) is 86.1 cm³/mol. The minimum Gasteiger partial charge on any atom is -0.497 e. The lowest BCUT2D eigenvalue weighted by atomic mass is 9.96. The zero-order valence-corrected chi connectivity index (χ0v) is 13.8. The summed E-state index contributed by atoms with van der Waals surface area (Å²) in [6.45, 7) is 2.20. The topological polar surface area (TPSA) is 59.0 Å². The van der Waals surface area contributed by atoms with Crippen LogP contribution in [-0.4, -0.2) is 47.4 Å². The molecule has 2 heterocycles. The van der Waals surface area contributed by atoms with Gasteiger partial charge >= 0.3 is 5.97 Å². The molecule has 0 radical (unpaired) electrons. The highest BCUT2D eigenvalue weighted by atomic mass is 16.5. The molecule has 2 saturated heterocycles. The number of hydrogen-bond donors (Lipinski definition) is 1. The first-order chi connectivity index (χ1) is 11.1. The van der Waals surface area contributed by atoms with Crippen molar-refractivity contribution < 1.29 is 19.4 Å². The summed E-state index contributed by atoms with van der Waals surface area (Å²) in [6.07, 6.45) is 3.02. The molecule has 5 nitrogen and oxygen atoms in total. The molecule has 0 saturated carbocycles. The molecule has 126 valence electrons. The van der Waals surface area contributed by atoms with Crippen LogP contribution in [0.5, 0.6) is 5.75 Å². The maximum atomic E-state index is 11.4. The number of ether oxygens (including phenoxy) is 2. The molecular formula is C18H25NO4. The summed E-state index contributed by atoms with van der Waals surface area (Å²) in [7, 11) is 1.66. The van der Waals surface area contributed by atoms with E-state index in [1.54, 1.807) is 7.11 Å². The molecule has 2 bridgehead atoms. The summed E-state index contributed by atoms with van der Waals surface area (Å²) >= 11 is 0. The molecule has 0 spiro atoms. The number of esters is 1. The quantitative estimate of drug-likeness (QED) is 0.862. The van der Waals surface area contributed by atoms with Crippen LogP contribution in [0.15, 0.2) is 24.3 Å². The zero-order valence-electron chi connectivity index (χ0n) is 13.8. The van der Waals surface area contributed by atoms with Gasteiger partial charge in [-0.25, -0.2) is 0 Å². The van der Waals surface area contributed by atoms with Crippen LogP contribution in [0.4, 0.5) is 0 Å². The molecule has 2 aliphatic heterocycles. The van der Waals surface area contributed by atoms with Gasteiger partial charge in [-0.05, 0) is 37.0 Å². The Morgan fingerprint density at radius 3 is 2.70 bits per heavy atom. The summed E-state index contributed by atoms with van der Waals surface area (Å²) < 4.78 is 10.7. The monoisotopic (exact) mass is 319 g/mol. The molecule has 4 unspecified atom stereocenters. The van der Waals surface area contributed by atoms with Gasteiger partial charge in [0.25, 0.3) is 0 Å². The minimum atomic E-state index is -0.440. The van der Waals surface area contributed by atoms with Crippen LogP contribution in [0.2, 0.25) is 0 Å². The number of aliphatic hydroxyl groups excluding tert-OH is 1. The highest BCUT2D eigenvalue weighted by Gasteiger charge is 2.47. The normalized spacial score (nSPS) is 30.7. The van der Waals surface area contributed by atoms with Gasteiger partial charge in [0.1, 0.15) is 11.9 Å². The molecular weight excluding hydrogens is 294 g/mol. The maximum absolute atomic E-state index is 11.4. The lowest BCUT2D eigenvalue weighted by Gasteiger charge is -2.31. The van der Waals surface area contributed by atoms with Crippen molar-refractivity contribution >= 4 is 5.97 Å². The Bertz CT molecular complexity index is 544. The number of aliphatic hydroxyl groups is 1. The second-order valence-electron chi connectivity index (χ2n) is 6.55. The zero-order chi connectivity index (χ0) is 16.4. The Hall–Kier alpha value is -1.59. The standard InChI is InChI=1S/C18H25NO4/c1-12(20)23-17-10-14-4-3-5-16(21)18(17)19(14)11-13-6-8-15(22-2)9-7-13/h6-9,14,16-18,21H,3-5,10-11H2,1-2H3. The van der Waals surface area contributed by atoms with Crippen LogP contribution in [0, 0.1) is 0 Å². The Morgan fingerprint density at radius 2 is 2.04 bits per heavy atom. The van der Waals surface area contributed by atoms with Crippen molar-refractivity contribution in [1.29, 1.82) is 0 Å². The first-order valence-electron chi connectivity index (χ1n) is 8.32. The van der Waals surface area contributed by atoms with Gasteiger partial charge in [-0.15, -0.1) is 0 Å². The highest BCUT2D eigenvalue weighted by Crippen LogP contribution is 2.37. The van der Waals surface area contributed by atoms with Gasteiger partial charge < -0.3 is 14.6 Å². The number of nitrogens with zero attached hydrogens (tertiary/aromatic N) is 1. The molecule has 2 fully saturated rings. The number of carbonyl (C=O) groups excluding carboxylic acids is 1. The highest BCUT2D eigenvalue weighted by molar-refractivity contribution is 5.66. The fourth-order valence-corrected chi connectivity index (χ4v) is 3.99. The van der Waals surface area contributed by atoms with E-state index in [4.69, 9.17) is 9.47 Å². The SMILES string of the molecule is COc1ccc(CN2C3CCCC(O)C2C(OC(C)=O)C3)cc1. The van der Waals surface area contributed by atoms with Gasteiger partial charge in [-0.1, -0.05) is 12.1 Å². The molecule has 0 aliphatic carbocycles. The third-order valence-corrected chi connectivity index (χ3v) is 5.01. The van der Waals surface area contributed by atoms with Gasteiger partial charge in [0, 0.05) is 25.9 Å².